The van der Waals surface area contributed by atoms with Crippen LogP contribution in [0, 0.1) is 0 Å². The Balaban J connectivity index is 0.00000400. The summed E-state index contributed by atoms with van der Waals surface area (Å²) in [6, 6.07) is 5.93. The summed E-state index contributed by atoms with van der Waals surface area (Å²) in [7, 11) is 3.41. The molecule has 0 atom stereocenters. The zero-order valence-electron chi connectivity index (χ0n) is 12.7. The molecule has 1 rings (SSSR count). The lowest BCUT2D eigenvalue weighted by atomic mass is 10.3. The summed E-state index contributed by atoms with van der Waals surface area (Å²) in [5.41, 5.74) is 1.07. The second-order valence-electron chi connectivity index (χ2n) is 4.10. The van der Waals surface area contributed by atoms with Crippen molar-refractivity contribution in [3.8, 4) is 0 Å². The fourth-order valence-corrected chi connectivity index (χ4v) is 1.56. The fraction of sp³-hybridized carbons (Fsp3) is 0.571. The van der Waals surface area contributed by atoms with Crippen LogP contribution in [0.4, 0.5) is 0 Å². The van der Waals surface area contributed by atoms with Gasteiger partial charge in [0.2, 0.25) is 0 Å². The molecule has 0 aromatic carbocycles. The van der Waals surface area contributed by atoms with Gasteiger partial charge in [0.05, 0.1) is 19.8 Å². The molecule has 6 nitrogen and oxygen atoms in total. The second-order valence-corrected chi connectivity index (χ2v) is 4.10. The highest BCUT2D eigenvalue weighted by Crippen LogP contribution is 1.92. The van der Waals surface area contributed by atoms with Gasteiger partial charge in [-0.2, -0.15) is 0 Å². The third-order valence-corrected chi connectivity index (χ3v) is 2.59. The van der Waals surface area contributed by atoms with Crippen molar-refractivity contribution < 1.29 is 9.47 Å². The van der Waals surface area contributed by atoms with Crippen molar-refractivity contribution in [3.05, 3.63) is 30.1 Å². The standard InChI is InChI=1S/C14H24N4O2.HI/c1-15-14(18-9-10-20-12-11-19-2)17-8-6-13-5-3-4-7-16-13;/h3-5,7H,6,8-12H2,1-2H3,(H2,15,17,18);1H. The van der Waals surface area contributed by atoms with Gasteiger partial charge in [0.25, 0.3) is 0 Å². The lowest BCUT2D eigenvalue weighted by molar-refractivity contribution is 0.0733. The summed E-state index contributed by atoms with van der Waals surface area (Å²) >= 11 is 0. The molecule has 0 aliphatic heterocycles. The second kappa shape index (κ2) is 14.0. The first-order valence-electron chi connectivity index (χ1n) is 6.78. The molecular formula is C14H25IN4O2. The lowest BCUT2D eigenvalue weighted by Crippen LogP contribution is -2.40. The smallest absolute Gasteiger partial charge is 0.191 e. The molecule has 120 valence electrons. The van der Waals surface area contributed by atoms with Crippen molar-refractivity contribution in [2.24, 2.45) is 4.99 Å². The van der Waals surface area contributed by atoms with E-state index in [9.17, 15) is 0 Å². The summed E-state index contributed by atoms with van der Waals surface area (Å²) in [6.07, 6.45) is 2.67. The van der Waals surface area contributed by atoms with E-state index in [2.05, 4.69) is 20.6 Å². The lowest BCUT2D eigenvalue weighted by Gasteiger charge is -2.11. The van der Waals surface area contributed by atoms with Crippen LogP contribution >= 0.6 is 24.0 Å². The minimum Gasteiger partial charge on any atom is -0.382 e. The monoisotopic (exact) mass is 408 g/mol. The van der Waals surface area contributed by atoms with Crippen LogP contribution in [0.3, 0.4) is 0 Å². The minimum absolute atomic E-state index is 0. The molecule has 1 aromatic heterocycles. The first-order chi connectivity index (χ1) is 9.86. The summed E-state index contributed by atoms with van der Waals surface area (Å²) < 4.78 is 10.3. The first kappa shape index (κ1) is 20.1. The highest BCUT2D eigenvalue weighted by atomic mass is 127. The fourth-order valence-electron chi connectivity index (χ4n) is 1.56. The maximum absolute atomic E-state index is 5.36. The number of aromatic nitrogens is 1. The predicted molar refractivity (Wildman–Crippen MR) is 95.4 cm³/mol. The van der Waals surface area contributed by atoms with E-state index in [0.29, 0.717) is 26.4 Å². The number of guanidine groups is 1. The summed E-state index contributed by atoms with van der Waals surface area (Å²) in [4.78, 5) is 8.42. The third kappa shape index (κ3) is 10.4. The van der Waals surface area contributed by atoms with Crippen molar-refractivity contribution in [3.63, 3.8) is 0 Å². The molecule has 0 saturated carbocycles. The first-order valence-corrected chi connectivity index (χ1v) is 6.78. The molecule has 0 bridgehead atoms. The van der Waals surface area contributed by atoms with E-state index in [0.717, 1.165) is 24.6 Å². The Morgan fingerprint density at radius 2 is 2.00 bits per heavy atom. The molecule has 0 radical (unpaired) electrons. The van der Waals surface area contributed by atoms with Gasteiger partial charge in [0.15, 0.2) is 5.96 Å². The molecule has 0 aliphatic carbocycles. The number of ether oxygens (including phenoxy) is 2. The Morgan fingerprint density at radius 1 is 1.19 bits per heavy atom. The van der Waals surface area contributed by atoms with Crippen LogP contribution in [-0.2, 0) is 15.9 Å². The molecule has 0 fully saturated rings. The van der Waals surface area contributed by atoms with E-state index < -0.39 is 0 Å². The maximum Gasteiger partial charge on any atom is 0.191 e. The number of hydrogen-bond donors (Lipinski definition) is 2. The number of rotatable bonds is 9. The average Bonchev–Trinajstić information content (AvgIpc) is 2.50. The molecule has 7 heteroatoms. The van der Waals surface area contributed by atoms with Gasteiger partial charge in [-0.25, -0.2) is 0 Å². The molecule has 0 unspecified atom stereocenters. The molecule has 0 spiro atoms. The van der Waals surface area contributed by atoms with Crippen LogP contribution in [-0.4, -0.2) is 58.0 Å². The van der Waals surface area contributed by atoms with Crippen molar-refractivity contribution in [1.82, 2.24) is 15.6 Å². The molecule has 0 saturated heterocycles. The van der Waals surface area contributed by atoms with Gasteiger partial charge in [-0.15, -0.1) is 24.0 Å². The Bertz CT molecular complexity index is 376. The van der Waals surface area contributed by atoms with E-state index in [-0.39, 0.29) is 24.0 Å². The quantitative estimate of drug-likeness (QED) is 0.277. The number of halogens is 1. The van der Waals surface area contributed by atoms with E-state index in [1.807, 2.05) is 18.2 Å². The molecule has 21 heavy (non-hydrogen) atoms. The minimum atomic E-state index is 0. The number of aliphatic imine (C=N–C) groups is 1. The van der Waals surface area contributed by atoms with E-state index >= 15 is 0 Å². The summed E-state index contributed by atoms with van der Waals surface area (Å²) in [6.45, 7) is 3.37. The van der Waals surface area contributed by atoms with Crippen LogP contribution in [0.5, 0.6) is 0 Å². The van der Waals surface area contributed by atoms with Crippen molar-refractivity contribution in [2.45, 2.75) is 6.42 Å². The number of methoxy groups -OCH3 is 1. The SMILES string of the molecule is CN=C(NCCOCCOC)NCCc1ccccn1.I. The van der Waals surface area contributed by atoms with Gasteiger partial charge < -0.3 is 20.1 Å². The van der Waals surface area contributed by atoms with Crippen molar-refractivity contribution in [1.29, 1.82) is 0 Å². The normalized spacial score (nSPS) is 10.9. The van der Waals surface area contributed by atoms with Gasteiger partial charge in [-0.1, -0.05) is 6.07 Å². The van der Waals surface area contributed by atoms with Gasteiger partial charge in [-0.3, -0.25) is 9.98 Å². The van der Waals surface area contributed by atoms with Gasteiger partial charge in [0.1, 0.15) is 0 Å². The van der Waals surface area contributed by atoms with Crippen LogP contribution in [0.25, 0.3) is 0 Å². The Hall–Kier alpha value is -0.930. The molecular weight excluding hydrogens is 383 g/mol. The van der Waals surface area contributed by atoms with Gasteiger partial charge in [-0.05, 0) is 12.1 Å². The van der Waals surface area contributed by atoms with E-state index in [1.54, 1.807) is 20.4 Å². The largest absolute Gasteiger partial charge is 0.382 e. The summed E-state index contributed by atoms with van der Waals surface area (Å²) in [5, 5.41) is 6.42. The van der Waals surface area contributed by atoms with Crippen molar-refractivity contribution in [2.75, 3.05) is 47.1 Å². The average molecular weight is 408 g/mol. The number of nitrogens with one attached hydrogen (secondary N) is 2. The molecule has 1 heterocycles. The molecule has 1 aromatic rings. The molecule has 0 aliphatic rings. The zero-order valence-corrected chi connectivity index (χ0v) is 15.0. The number of nitrogens with zero attached hydrogens (tertiary/aromatic N) is 2. The molecule has 0 amide bonds. The highest BCUT2D eigenvalue weighted by Gasteiger charge is 1.98. The topological polar surface area (TPSA) is 67.8 Å². The maximum atomic E-state index is 5.36. The number of pyridine rings is 1. The highest BCUT2D eigenvalue weighted by molar-refractivity contribution is 14.0. The van der Waals surface area contributed by atoms with Gasteiger partial charge in [0, 0.05) is 45.6 Å². The Morgan fingerprint density at radius 3 is 2.67 bits per heavy atom. The third-order valence-electron chi connectivity index (χ3n) is 2.59. The Labute approximate surface area is 143 Å². The van der Waals surface area contributed by atoms with Crippen molar-refractivity contribution >= 4 is 29.9 Å². The van der Waals surface area contributed by atoms with Crippen LogP contribution < -0.4 is 10.6 Å². The zero-order chi connectivity index (χ0) is 14.5. The van der Waals surface area contributed by atoms with Crippen LogP contribution in [0.2, 0.25) is 0 Å². The van der Waals surface area contributed by atoms with E-state index in [4.69, 9.17) is 9.47 Å². The van der Waals surface area contributed by atoms with Gasteiger partial charge >= 0.3 is 0 Å². The summed E-state index contributed by atoms with van der Waals surface area (Å²) in [5.74, 6) is 0.774. The molecule has 2 N–H and O–H groups in total. The van der Waals surface area contributed by atoms with Crippen LogP contribution in [0.1, 0.15) is 5.69 Å². The number of hydrogen-bond acceptors (Lipinski definition) is 4. The predicted octanol–water partition coefficient (Wildman–Crippen LogP) is 1.07. The van der Waals surface area contributed by atoms with E-state index in [1.165, 1.54) is 0 Å². The Kier molecular flexibility index (Phi) is 13.4. The van der Waals surface area contributed by atoms with Crippen LogP contribution in [0.15, 0.2) is 29.4 Å².